The minimum Gasteiger partial charge on any atom is -0.485 e. The lowest BCUT2D eigenvalue weighted by Crippen LogP contribution is -2.42. The number of aliphatic hydroxyl groups excluding tert-OH is 1. The van der Waals surface area contributed by atoms with E-state index in [1.54, 1.807) is 24.5 Å². The molecule has 0 saturated carbocycles. The predicted molar refractivity (Wildman–Crippen MR) is 157 cm³/mol. The SMILES string of the molecule is CCC(=O)N1CCC(Nc2cc(C(=O)NC[C@H](O)CN3CCc4c(ccc(OCc5cnco5)c4C)C3)ccn2)CC1. The molecule has 1 saturated heterocycles. The van der Waals surface area contributed by atoms with Crippen LogP contribution in [0.1, 0.15) is 59.0 Å². The molecular formula is C31H40N6O5. The molecule has 4 heterocycles. The van der Waals surface area contributed by atoms with Gasteiger partial charge in [0, 0.05) is 63.5 Å². The molecule has 2 aromatic heterocycles. The molecule has 11 heteroatoms. The van der Waals surface area contributed by atoms with Crippen LogP contribution in [-0.4, -0.2) is 81.6 Å². The van der Waals surface area contributed by atoms with E-state index in [-0.39, 0.29) is 24.4 Å². The number of carbonyl (C=O) groups is 2. The Hall–Kier alpha value is -3.96. The van der Waals surface area contributed by atoms with Gasteiger partial charge in [0.05, 0.1) is 12.3 Å². The molecule has 3 N–H and O–H groups in total. The van der Waals surface area contributed by atoms with Gasteiger partial charge in [0.25, 0.3) is 5.91 Å². The maximum atomic E-state index is 12.8. The summed E-state index contributed by atoms with van der Waals surface area (Å²) in [5.74, 6) is 2.09. The van der Waals surface area contributed by atoms with Crippen LogP contribution in [0.4, 0.5) is 5.82 Å². The fourth-order valence-electron chi connectivity index (χ4n) is 5.68. The molecular weight excluding hydrogens is 536 g/mol. The zero-order valence-corrected chi connectivity index (χ0v) is 24.3. The molecule has 224 valence electrons. The molecule has 1 fully saturated rings. The Labute approximate surface area is 246 Å². The van der Waals surface area contributed by atoms with Gasteiger partial charge in [-0.15, -0.1) is 0 Å². The highest BCUT2D eigenvalue weighted by Gasteiger charge is 2.24. The molecule has 1 atom stereocenters. The number of β-amino-alcohol motifs (C(OH)–C–C–N with tert-alkyl or cyclic N) is 1. The van der Waals surface area contributed by atoms with Crippen LogP contribution in [0.5, 0.6) is 5.75 Å². The van der Waals surface area contributed by atoms with E-state index in [0.29, 0.717) is 36.7 Å². The van der Waals surface area contributed by atoms with Crippen molar-refractivity contribution >= 4 is 17.6 Å². The van der Waals surface area contributed by atoms with E-state index < -0.39 is 6.10 Å². The number of carbonyl (C=O) groups excluding carboxylic acids is 2. The van der Waals surface area contributed by atoms with Gasteiger partial charge in [0.2, 0.25) is 5.91 Å². The number of aromatic nitrogens is 2. The van der Waals surface area contributed by atoms with E-state index in [1.165, 1.54) is 17.5 Å². The number of hydrogen-bond donors (Lipinski definition) is 3. The molecule has 2 aliphatic heterocycles. The largest absolute Gasteiger partial charge is 0.485 e. The average Bonchev–Trinajstić information content (AvgIpc) is 3.53. The van der Waals surface area contributed by atoms with Crippen molar-refractivity contribution < 1.29 is 23.8 Å². The highest BCUT2D eigenvalue weighted by molar-refractivity contribution is 5.94. The van der Waals surface area contributed by atoms with Gasteiger partial charge in [0.1, 0.15) is 18.2 Å². The molecule has 0 radical (unpaired) electrons. The van der Waals surface area contributed by atoms with E-state index >= 15 is 0 Å². The highest BCUT2D eigenvalue weighted by Crippen LogP contribution is 2.30. The van der Waals surface area contributed by atoms with Gasteiger partial charge in [-0.3, -0.25) is 14.5 Å². The Morgan fingerprint density at radius 1 is 1.21 bits per heavy atom. The second-order valence-corrected chi connectivity index (χ2v) is 11.0. The van der Waals surface area contributed by atoms with E-state index in [4.69, 9.17) is 9.15 Å². The van der Waals surface area contributed by atoms with Crippen molar-refractivity contribution in [1.82, 2.24) is 25.1 Å². The molecule has 11 nitrogen and oxygen atoms in total. The van der Waals surface area contributed by atoms with Crippen LogP contribution in [-0.2, 0) is 24.4 Å². The number of pyridine rings is 1. The van der Waals surface area contributed by atoms with Gasteiger partial charge >= 0.3 is 0 Å². The number of hydrogen-bond acceptors (Lipinski definition) is 9. The summed E-state index contributed by atoms with van der Waals surface area (Å²) < 4.78 is 11.2. The summed E-state index contributed by atoms with van der Waals surface area (Å²) in [5.41, 5.74) is 4.12. The Morgan fingerprint density at radius 3 is 2.81 bits per heavy atom. The number of benzene rings is 1. The molecule has 5 rings (SSSR count). The maximum Gasteiger partial charge on any atom is 0.251 e. The number of ether oxygens (including phenoxy) is 1. The first-order valence-electron chi connectivity index (χ1n) is 14.7. The maximum absolute atomic E-state index is 12.8. The van der Waals surface area contributed by atoms with E-state index in [9.17, 15) is 14.7 Å². The molecule has 42 heavy (non-hydrogen) atoms. The van der Waals surface area contributed by atoms with E-state index in [1.807, 2.05) is 17.9 Å². The van der Waals surface area contributed by atoms with Gasteiger partial charge in [-0.25, -0.2) is 9.97 Å². The second-order valence-electron chi connectivity index (χ2n) is 11.0. The van der Waals surface area contributed by atoms with Crippen molar-refractivity contribution in [2.45, 2.75) is 64.8 Å². The summed E-state index contributed by atoms with van der Waals surface area (Å²) in [6, 6.07) is 7.68. The number of anilines is 1. The second kappa shape index (κ2) is 13.8. The summed E-state index contributed by atoms with van der Waals surface area (Å²) >= 11 is 0. The predicted octanol–water partition coefficient (Wildman–Crippen LogP) is 2.92. The van der Waals surface area contributed by atoms with E-state index in [0.717, 1.165) is 56.8 Å². The summed E-state index contributed by atoms with van der Waals surface area (Å²) in [5, 5.41) is 17.0. The minimum absolute atomic E-state index is 0.157. The number of oxazole rings is 1. The van der Waals surface area contributed by atoms with Crippen molar-refractivity contribution in [3.05, 3.63) is 71.1 Å². The third-order valence-corrected chi connectivity index (χ3v) is 8.06. The molecule has 1 aromatic carbocycles. The number of fused-ring (bicyclic) bond motifs is 1. The first-order valence-corrected chi connectivity index (χ1v) is 14.7. The summed E-state index contributed by atoms with van der Waals surface area (Å²) in [7, 11) is 0. The number of piperidine rings is 1. The van der Waals surface area contributed by atoms with Crippen LogP contribution in [0.3, 0.4) is 0 Å². The standard InChI is InChI=1S/C31H40N6O5/c1-3-30(39)37-12-7-24(8-13-37)35-29-14-22(6-10-33-29)31(40)34-15-25(38)18-36-11-9-27-21(2)28(5-4-23(27)17-36)41-19-26-16-32-20-42-26/h4-6,10,14,16,20,24-25,38H,3,7-9,11-13,15,17-19H2,1-2H3,(H,33,35)(H,34,40)/t25-/m0/s1. The monoisotopic (exact) mass is 576 g/mol. The van der Waals surface area contributed by atoms with Gasteiger partial charge < -0.3 is 29.8 Å². The van der Waals surface area contributed by atoms with Gasteiger partial charge in [-0.05, 0) is 61.1 Å². The molecule has 2 aliphatic rings. The zero-order valence-electron chi connectivity index (χ0n) is 24.3. The highest BCUT2D eigenvalue weighted by atomic mass is 16.5. The quantitative estimate of drug-likeness (QED) is 0.315. The third-order valence-electron chi connectivity index (χ3n) is 8.06. The summed E-state index contributed by atoms with van der Waals surface area (Å²) in [4.78, 5) is 37.2. The van der Waals surface area contributed by atoms with Crippen molar-refractivity contribution in [2.24, 2.45) is 0 Å². The van der Waals surface area contributed by atoms with Crippen molar-refractivity contribution in [3.8, 4) is 5.75 Å². The fourth-order valence-corrected chi connectivity index (χ4v) is 5.68. The number of nitrogens with one attached hydrogen (secondary N) is 2. The van der Waals surface area contributed by atoms with Gasteiger partial charge in [0.15, 0.2) is 12.2 Å². The molecule has 2 amide bonds. The van der Waals surface area contributed by atoms with Crippen LogP contribution in [0.2, 0.25) is 0 Å². The lowest BCUT2D eigenvalue weighted by Gasteiger charge is -2.32. The molecule has 0 bridgehead atoms. The Bertz CT molecular complexity index is 1360. The molecule has 3 aromatic rings. The normalized spacial score (nSPS) is 16.5. The molecule has 0 spiro atoms. The Balaban J connectivity index is 1.07. The topological polar surface area (TPSA) is 133 Å². The number of rotatable bonds is 11. The van der Waals surface area contributed by atoms with Crippen LogP contribution in [0.15, 0.2) is 47.5 Å². The Kier molecular flexibility index (Phi) is 9.70. The van der Waals surface area contributed by atoms with Crippen LogP contribution >= 0.6 is 0 Å². The average molecular weight is 577 g/mol. The van der Waals surface area contributed by atoms with Crippen molar-refractivity contribution in [1.29, 1.82) is 0 Å². The number of amides is 2. The van der Waals surface area contributed by atoms with Crippen molar-refractivity contribution in [2.75, 3.05) is 38.0 Å². The number of nitrogens with zero attached hydrogens (tertiary/aromatic N) is 4. The Morgan fingerprint density at radius 2 is 2.05 bits per heavy atom. The van der Waals surface area contributed by atoms with Gasteiger partial charge in [-0.1, -0.05) is 13.0 Å². The first-order chi connectivity index (χ1) is 20.4. The fraction of sp³-hybridized carbons (Fsp3) is 0.484. The lowest BCUT2D eigenvalue weighted by atomic mass is 9.94. The minimum atomic E-state index is -0.698. The summed E-state index contributed by atoms with van der Waals surface area (Å²) in [6.45, 7) is 7.92. The lowest BCUT2D eigenvalue weighted by molar-refractivity contribution is -0.131. The van der Waals surface area contributed by atoms with Crippen LogP contribution in [0.25, 0.3) is 0 Å². The first kappa shape index (κ1) is 29.5. The number of likely N-dealkylation sites (tertiary alicyclic amines) is 1. The molecule has 0 aliphatic carbocycles. The van der Waals surface area contributed by atoms with Crippen LogP contribution < -0.4 is 15.4 Å². The third kappa shape index (κ3) is 7.46. The summed E-state index contributed by atoms with van der Waals surface area (Å²) in [6.07, 6.45) is 7.03. The van der Waals surface area contributed by atoms with Gasteiger partial charge in [-0.2, -0.15) is 0 Å². The zero-order chi connectivity index (χ0) is 29.5. The van der Waals surface area contributed by atoms with E-state index in [2.05, 4.69) is 38.5 Å². The smallest absolute Gasteiger partial charge is 0.251 e. The number of aliphatic hydroxyl groups is 1. The van der Waals surface area contributed by atoms with Crippen LogP contribution in [0, 0.1) is 6.92 Å². The molecule has 0 unspecified atom stereocenters. The van der Waals surface area contributed by atoms with Crippen molar-refractivity contribution in [3.63, 3.8) is 0 Å².